The van der Waals surface area contributed by atoms with Crippen molar-refractivity contribution in [2.45, 2.75) is 51.2 Å². The van der Waals surface area contributed by atoms with Gasteiger partial charge in [0.2, 0.25) is 0 Å². The monoisotopic (exact) mass is 331 g/mol. The molecule has 0 spiro atoms. The van der Waals surface area contributed by atoms with Crippen molar-refractivity contribution in [1.29, 1.82) is 0 Å². The van der Waals surface area contributed by atoms with E-state index >= 15 is 0 Å². The molecule has 1 aromatic carbocycles. The fourth-order valence-electron chi connectivity index (χ4n) is 4.89. The summed E-state index contributed by atoms with van der Waals surface area (Å²) in [5.74, 6) is 0.393. The molecule has 3 atom stereocenters. The van der Waals surface area contributed by atoms with Crippen LogP contribution in [0.25, 0.3) is 0 Å². The Morgan fingerprint density at radius 1 is 1.12 bits per heavy atom. The molecule has 0 amide bonds. The van der Waals surface area contributed by atoms with E-state index in [1.165, 1.54) is 48.9 Å². The Kier molecular flexibility index (Phi) is 5.96. The van der Waals surface area contributed by atoms with Gasteiger partial charge in [0.1, 0.15) is 0 Å². The average Bonchev–Trinajstić information content (AvgIpc) is 2.60. The summed E-state index contributed by atoms with van der Waals surface area (Å²) in [5.41, 5.74) is 1.40. The molecule has 0 aromatic heterocycles. The fourth-order valence-corrected chi connectivity index (χ4v) is 4.89. The lowest BCUT2D eigenvalue weighted by molar-refractivity contribution is -0.914. The molecule has 24 heavy (non-hydrogen) atoms. The van der Waals surface area contributed by atoms with Crippen molar-refractivity contribution in [2.24, 2.45) is 5.92 Å². The first kappa shape index (κ1) is 17.9. The van der Waals surface area contributed by atoms with Crippen molar-refractivity contribution >= 4 is 0 Å². The van der Waals surface area contributed by atoms with Gasteiger partial charge >= 0.3 is 0 Å². The average molecular weight is 332 g/mol. The molecule has 1 saturated heterocycles. The van der Waals surface area contributed by atoms with Gasteiger partial charge in [-0.1, -0.05) is 50.1 Å². The SMILES string of the molecule is CCC[N+]1(C)CCN(C(c2ccccc2)C2CCCCC2O)CC1. The summed E-state index contributed by atoms with van der Waals surface area (Å²) in [5, 5.41) is 10.7. The van der Waals surface area contributed by atoms with Crippen LogP contribution >= 0.6 is 0 Å². The van der Waals surface area contributed by atoms with Crippen LogP contribution in [0, 0.1) is 5.92 Å². The largest absolute Gasteiger partial charge is 0.393 e. The molecule has 1 aliphatic carbocycles. The highest BCUT2D eigenvalue weighted by Crippen LogP contribution is 2.39. The molecular weight excluding hydrogens is 296 g/mol. The topological polar surface area (TPSA) is 23.5 Å². The molecule has 1 saturated carbocycles. The van der Waals surface area contributed by atoms with E-state index < -0.39 is 0 Å². The van der Waals surface area contributed by atoms with E-state index in [1.54, 1.807) is 0 Å². The van der Waals surface area contributed by atoms with E-state index in [2.05, 4.69) is 49.2 Å². The van der Waals surface area contributed by atoms with Crippen LogP contribution in [-0.2, 0) is 0 Å². The zero-order chi connectivity index (χ0) is 17.0. The predicted molar refractivity (Wildman–Crippen MR) is 99.8 cm³/mol. The van der Waals surface area contributed by atoms with Gasteiger partial charge in [-0.2, -0.15) is 0 Å². The Bertz CT molecular complexity index is 496. The molecule has 2 fully saturated rings. The zero-order valence-corrected chi connectivity index (χ0v) is 15.5. The summed E-state index contributed by atoms with van der Waals surface area (Å²) in [4.78, 5) is 2.67. The number of quaternary nitrogens is 1. The first-order valence-corrected chi connectivity index (χ1v) is 9.93. The highest BCUT2D eigenvalue weighted by molar-refractivity contribution is 5.20. The Morgan fingerprint density at radius 3 is 2.42 bits per heavy atom. The Labute approximate surface area is 147 Å². The van der Waals surface area contributed by atoms with Gasteiger partial charge in [-0.15, -0.1) is 0 Å². The Balaban J connectivity index is 1.78. The van der Waals surface area contributed by atoms with Gasteiger partial charge in [0.15, 0.2) is 0 Å². The number of likely N-dealkylation sites (N-methyl/N-ethyl adjacent to an activating group) is 1. The molecule has 3 heteroatoms. The molecule has 3 nitrogen and oxygen atoms in total. The van der Waals surface area contributed by atoms with Crippen LogP contribution in [0.2, 0.25) is 0 Å². The van der Waals surface area contributed by atoms with Crippen LogP contribution in [0.5, 0.6) is 0 Å². The molecule has 134 valence electrons. The van der Waals surface area contributed by atoms with Crippen LogP contribution in [0.3, 0.4) is 0 Å². The second-order valence-corrected chi connectivity index (χ2v) is 8.20. The molecule has 3 rings (SSSR count). The number of benzene rings is 1. The third kappa shape index (κ3) is 4.01. The maximum Gasteiger partial charge on any atom is 0.0914 e. The van der Waals surface area contributed by atoms with Gasteiger partial charge in [-0.3, -0.25) is 4.90 Å². The van der Waals surface area contributed by atoms with Crippen LogP contribution < -0.4 is 0 Å². The number of hydrogen-bond acceptors (Lipinski definition) is 2. The number of piperazine rings is 1. The molecule has 1 aromatic rings. The number of hydrogen-bond donors (Lipinski definition) is 1. The van der Waals surface area contributed by atoms with Crippen LogP contribution in [-0.4, -0.2) is 60.4 Å². The molecule has 0 radical (unpaired) electrons. The lowest BCUT2D eigenvalue weighted by Crippen LogP contribution is -2.59. The third-order valence-electron chi connectivity index (χ3n) is 6.34. The summed E-state index contributed by atoms with van der Waals surface area (Å²) >= 11 is 0. The van der Waals surface area contributed by atoms with E-state index in [1.807, 2.05) is 0 Å². The Morgan fingerprint density at radius 2 is 1.79 bits per heavy atom. The first-order chi connectivity index (χ1) is 11.6. The van der Waals surface area contributed by atoms with Gasteiger partial charge in [0.05, 0.1) is 32.8 Å². The molecule has 2 aliphatic rings. The van der Waals surface area contributed by atoms with Crippen molar-refractivity contribution in [3.05, 3.63) is 35.9 Å². The van der Waals surface area contributed by atoms with E-state index in [4.69, 9.17) is 0 Å². The lowest BCUT2D eigenvalue weighted by Gasteiger charge is -2.47. The highest BCUT2D eigenvalue weighted by Gasteiger charge is 2.38. The van der Waals surface area contributed by atoms with Crippen molar-refractivity contribution in [3.63, 3.8) is 0 Å². The van der Waals surface area contributed by atoms with Crippen LogP contribution in [0.4, 0.5) is 0 Å². The van der Waals surface area contributed by atoms with Gasteiger partial charge in [0.25, 0.3) is 0 Å². The minimum atomic E-state index is -0.137. The number of nitrogens with zero attached hydrogens (tertiary/aromatic N) is 2. The standard InChI is InChI=1S/C21H35N2O/c1-3-15-23(2)16-13-22(14-17-23)21(18-9-5-4-6-10-18)19-11-7-8-12-20(19)24/h4-6,9-10,19-21,24H,3,7-8,11-17H2,1-2H3/q+1. The summed E-state index contributed by atoms with van der Waals surface area (Å²) < 4.78 is 1.21. The normalized spacial score (nSPS) is 29.3. The molecular formula is C21H35N2O+. The smallest absolute Gasteiger partial charge is 0.0914 e. The molecule has 1 N–H and O–H groups in total. The molecule has 1 aliphatic heterocycles. The number of rotatable bonds is 5. The second-order valence-electron chi connectivity index (χ2n) is 8.20. The molecule has 1 heterocycles. The van der Waals surface area contributed by atoms with Gasteiger partial charge in [0, 0.05) is 25.0 Å². The summed E-state index contributed by atoms with van der Waals surface area (Å²) in [6.45, 7) is 8.36. The minimum absolute atomic E-state index is 0.137. The minimum Gasteiger partial charge on any atom is -0.393 e. The first-order valence-electron chi connectivity index (χ1n) is 9.93. The fraction of sp³-hybridized carbons (Fsp3) is 0.714. The maximum absolute atomic E-state index is 10.7. The number of aliphatic hydroxyl groups excluding tert-OH is 1. The van der Waals surface area contributed by atoms with Gasteiger partial charge < -0.3 is 9.59 Å². The van der Waals surface area contributed by atoms with Gasteiger partial charge in [-0.25, -0.2) is 0 Å². The van der Waals surface area contributed by atoms with E-state index in [9.17, 15) is 5.11 Å². The maximum atomic E-state index is 10.7. The highest BCUT2D eigenvalue weighted by atomic mass is 16.3. The Hall–Kier alpha value is -0.900. The van der Waals surface area contributed by atoms with Crippen molar-refractivity contribution in [2.75, 3.05) is 39.8 Å². The van der Waals surface area contributed by atoms with E-state index in [0.29, 0.717) is 12.0 Å². The lowest BCUT2D eigenvalue weighted by atomic mass is 9.78. The van der Waals surface area contributed by atoms with E-state index in [-0.39, 0.29) is 6.10 Å². The molecule has 0 bridgehead atoms. The number of aliphatic hydroxyl groups is 1. The van der Waals surface area contributed by atoms with Crippen molar-refractivity contribution in [3.8, 4) is 0 Å². The van der Waals surface area contributed by atoms with Gasteiger partial charge in [-0.05, 0) is 24.8 Å². The van der Waals surface area contributed by atoms with Crippen molar-refractivity contribution in [1.82, 2.24) is 4.90 Å². The summed E-state index contributed by atoms with van der Waals surface area (Å²) in [6, 6.07) is 11.3. The van der Waals surface area contributed by atoms with Crippen LogP contribution in [0.1, 0.15) is 50.6 Å². The zero-order valence-electron chi connectivity index (χ0n) is 15.5. The van der Waals surface area contributed by atoms with E-state index in [0.717, 1.165) is 25.9 Å². The molecule has 3 unspecified atom stereocenters. The third-order valence-corrected chi connectivity index (χ3v) is 6.34. The van der Waals surface area contributed by atoms with Crippen LogP contribution in [0.15, 0.2) is 30.3 Å². The van der Waals surface area contributed by atoms with Crippen molar-refractivity contribution < 1.29 is 9.59 Å². The summed E-state index contributed by atoms with van der Waals surface area (Å²) in [6.07, 6.45) is 5.72. The second kappa shape index (κ2) is 7.99. The predicted octanol–water partition coefficient (Wildman–Crippen LogP) is 3.45. The quantitative estimate of drug-likeness (QED) is 0.836. The summed E-state index contributed by atoms with van der Waals surface area (Å²) in [7, 11) is 2.41.